The van der Waals surface area contributed by atoms with E-state index in [-0.39, 0.29) is 37.2 Å². The molecule has 1 aliphatic heterocycles. The lowest BCUT2D eigenvalue weighted by Crippen LogP contribution is -2.47. The Morgan fingerprint density at radius 2 is 1.35 bits per heavy atom. The summed E-state index contributed by atoms with van der Waals surface area (Å²) in [5.74, 6) is -10.2. The minimum Gasteiger partial charge on any atom is -0.367 e. The van der Waals surface area contributed by atoms with Gasteiger partial charge in [0.2, 0.25) is 5.82 Å². The monoisotopic (exact) mass is 590 g/mol. The number of carbonyl (C=O) groups is 1. The molecule has 1 heterocycles. The van der Waals surface area contributed by atoms with E-state index in [1.54, 1.807) is 30.3 Å². The summed E-state index contributed by atoms with van der Waals surface area (Å²) in [4.78, 5) is 15.6. The van der Waals surface area contributed by atoms with Crippen molar-refractivity contribution in [2.24, 2.45) is 0 Å². The predicted molar refractivity (Wildman–Crippen MR) is 150 cm³/mol. The molecule has 0 radical (unpaired) electrons. The van der Waals surface area contributed by atoms with Gasteiger partial charge in [-0.2, -0.15) is 0 Å². The molecule has 0 atom stereocenters. The number of fused-ring (bicyclic) bond motifs is 1. The first-order valence-corrected chi connectivity index (χ1v) is 12.8. The highest BCUT2D eigenvalue weighted by Gasteiger charge is 2.31. The van der Waals surface area contributed by atoms with E-state index in [1.807, 2.05) is 35.2 Å². The van der Waals surface area contributed by atoms with Crippen LogP contribution >= 0.6 is 23.8 Å². The fourth-order valence-corrected chi connectivity index (χ4v) is 5.06. The first kappa shape index (κ1) is 27.6. The normalized spacial score (nSPS) is 13.4. The van der Waals surface area contributed by atoms with Crippen LogP contribution < -0.4 is 20.4 Å². The van der Waals surface area contributed by atoms with Gasteiger partial charge in [0, 0.05) is 37.4 Å². The van der Waals surface area contributed by atoms with Gasteiger partial charge in [-0.3, -0.25) is 10.1 Å². The number of amides is 1. The molecule has 0 saturated carbocycles. The third-order valence-electron chi connectivity index (χ3n) is 6.57. The second kappa shape index (κ2) is 11.3. The van der Waals surface area contributed by atoms with E-state index in [1.165, 1.54) is 0 Å². The summed E-state index contributed by atoms with van der Waals surface area (Å²) in [7, 11) is 0. The number of carbonyl (C=O) groups excluding carboxylic acids is 1. The lowest BCUT2D eigenvalue weighted by atomic mass is 10.1. The largest absolute Gasteiger partial charge is 0.367 e. The summed E-state index contributed by atoms with van der Waals surface area (Å²) in [5, 5.41) is 7.87. The Hall–Kier alpha value is -3.96. The van der Waals surface area contributed by atoms with Gasteiger partial charge in [-0.25, -0.2) is 22.0 Å². The number of nitrogens with zero attached hydrogens (tertiary/aromatic N) is 2. The molecule has 40 heavy (non-hydrogen) atoms. The zero-order chi connectivity index (χ0) is 28.6. The Morgan fingerprint density at radius 3 is 2.00 bits per heavy atom. The number of rotatable bonds is 4. The first-order valence-electron chi connectivity index (χ1n) is 12.1. The van der Waals surface area contributed by atoms with Crippen molar-refractivity contribution in [1.29, 1.82) is 0 Å². The van der Waals surface area contributed by atoms with E-state index in [2.05, 4.69) is 10.6 Å². The van der Waals surface area contributed by atoms with E-state index >= 15 is 0 Å². The number of thiocarbonyl (C=S) groups is 1. The van der Waals surface area contributed by atoms with Crippen LogP contribution in [-0.4, -0.2) is 37.2 Å². The summed E-state index contributed by atoms with van der Waals surface area (Å²) in [5.41, 5.74) is 0.621. The average Bonchev–Trinajstić information content (AvgIpc) is 2.95. The van der Waals surface area contributed by atoms with Crippen LogP contribution in [0.1, 0.15) is 10.4 Å². The number of halogens is 6. The molecule has 4 aromatic carbocycles. The molecule has 0 unspecified atom stereocenters. The smallest absolute Gasteiger partial charge is 0.257 e. The number of hydrogen-bond acceptors (Lipinski definition) is 4. The SMILES string of the molecule is O=C(NC(=S)Nc1ccc(N2CCN(c3c(F)c(F)c(F)c(F)c3F)CC2)c(Cl)c1)c1ccc2ccccc2c1. The van der Waals surface area contributed by atoms with Crippen molar-refractivity contribution >= 4 is 62.7 Å². The van der Waals surface area contributed by atoms with Crippen LogP contribution in [0, 0.1) is 29.1 Å². The minimum absolute atomic E-state index is 0.000424. The standard InChI is InChI=1S/C28H20ClF5N4OS/c29-19-14-18(35-28(40)36-27(39)17-6-5-15-3-1-2-4-16(15)13-17)7-8-20(19)37-9-11-38(12-10-37)26-24(33)22(31)21(30)23(32)25(26)34/h1-8,13-14H,9-12H2,(H2,35,36,39,40). The highest BCUT2D eigenvalue weighted by atomic mass is 35.5. The van der Waals surface area contributed by atoms with E-state index in [0.717, 1.165) is 15.7 Å². The topological polar surface area (TPSA) is 47.6 Å². The van der Waals surface area contributed by atoms with Crippen LogP contribution in [0.4, 0.5) is 39.0 Å². The molecule has 206 valence electrons. The number of nitrogens with one attached hydrogen (secondary N) is 2. The summed E-state index contributed by atoms with van der Waals surface area (Å²) < 4.78 is 69.1. The van der Waals surface area contributed by atoms with Crippen molar-refractivity contribution in [3.8, 4) is 0 Å². The molecule has 0 bridgehead atoms. The van der Waals surface area contributed by atoms with Gasteiger partial charge < -0.3 is 15.1 Å². The van der Waals surface area contributed by atoms with Gasteiger partial charge in [-0.05, 0) is 53.3 Å². The molecule has 5 nitrogen and oxygen atoms in total. The van der Waals surface area contributed by atoms with Crippen LogP contribution in [0.5, 0.6) is 0 Å². The maximum Gasteiger partial charge on any atom is 0.257 e. The van der Waals surface area contributed by atoms with Gasteiger partial charge in [-0.15, -0.1) is 0 Å². The molecule has 2 N–H and O–H groups in total. The van der Waals surface area contributed by atoms with Crippen molar-refractivity contribution < 1.29 is 26.7 Å². The number of anilines is 3. The number of hydrogen-bond donors (Lipinski definition) is 2. The lowest BCUT2D eigenvalue weighted by molar-refractivity contribution is 0.0978. The Balaban J connectivity index is 1.21. The van der Waals surface area contributed by atoms with Crippen LogP contribution in [0.3, 0.4) is 0 Å². The van der Waals surface area contributed by atoms with Crippen molar-refractivity contribution in [3.63, 3.8) is 0 Å². The van der Waals surface area contributed by atoms with Crippen molar-refractivity contribution in [2.75, 3.05) is 41.3 Å². The van der Waals surface area contributed by atoms with Gasteiger partial charge in [0.1, 0.15) is 5.69 Å². The second-order valence-electron chi connectivity index (χ2n) is 9.03. The van der Waals surface area contributed by atoms with Gasteiger partial charge in [-0.1, -0.05) is 41.9 Å². The van der Waals surface area contributed by atoms with Gasteiger partial charge >= 0.3 is 0 Å². The van der Waals surface area contributed by atoms with Crippen molar-refractivity contribution in [2.45, 2.75) is 0 Å². The molecule has 12 heteroatoms. The summed E-state index contributed by atoms with van der Waals surface area (Å²) in [6.45, 7) is 0.428. The third kappa shape index (κ3) is 5.39. The number of benzene rings is 4. The van der Waals surface area contributed by atoms with Crippen LogP contribution in [-0.2, 0) is 0 Å². The molecule has 5 rings (SSSR count). The third-order valence-corrected chi connectivity index (χ3v) is 7.07. The molecule has 4 aromatic rings. The highest BCUT2D eigenvalue weighted by molar-refractivity contribution is 7.80. The Bertz CT molecular complexity index is 1620. The maximum atomic E-state index is 14.2. The molecule has 1 saturated heterocycles. The molecule has 1 amide bonds. The maximum absolute atomic E-state index is 14.2. The van der Waals surface area contributed by atoms with Crippen LogP contribution in [0.2, 0.25) is 5.02 Å². The molecule has 0 aromatic heterocycles. The molecule has 1 fully saturated rings. The van der Waals surface area contributed by atoms with E-state index in [9.17, 15) is 26.7 Å². The van der Waals surface area contributed by atoms with E-state index in [4.69, 9.17) is 23.8 Å². The number of piperazine rings is 1. The van der Waals surface area contributed by atoms with Gasteiger partial charge in [0.25, 0.3) is 5.91 Å². The zero-order valence-electron chi connectivity index (χ0n) is 20.6. The molecular weight excluding hydrogens is 571 g/mol. The van der Waals surface area contributed by atoms with E-state index < -0.39 is 34.8 Å². The highest BCUT2D eigenvalue weighted by Crippen LogP contribution is 2.33. The summed E-state index contributed by atoms with van der Waals surface area (Å²) >= 11 is 11.8. The predicted octanol–water partition coefficient (Wildman–Crippen LogP) is 6.64. The summed E-state index contributed by atoms with van der Waals surface area (Å²) in [6, 6.07) is 18.0. The Labute approximate surface area is 236 Å². The molecule has 0 spiro atoms. The van der Waals surface area contributed by atoms with Crippen LogP contribution in [0.25, 0.3) is 10.8 Å². The fraction of sp³-hybridized carbons (Fsp3) is 0.143. The van der Waals surface area contributed by atoms with Gasteiger partial charge in [0.15, 0.2) is 28.4 Å². The van der Waals surface area contributed by atoms with Gasteiger partial charge in [0.05, 0.1) is 10.7 Å². The van der Waals surface area contributed by atoms with E-state index in [0.29, 0.717) is 22.0 Å². The van der Waals surface area contributed by atoms with Crippen molar-refractivity contribution in [1.82, 2.24) is 5.32 Å². The lowest BCUT2D eigenvalue weighted by Gasteiger charge is -2.38. The molecular formula is C28H20ClF5N4OS. The Kier molecular flexibility index (Phi) is 7.77. The first-order chi connectivity index (χ1) is 19.1. The fourth-order valence-electron chi connectivity index (χ4n) is 4.55. The minimum atomic E-state index is -2.19. The molecule has 1 aliphatic rings. The van der Waals surface area contributed by atoms with Crippen LogP contribution in [0.15, 0.2) is 60.7 Å². The second-order valence-corrected chi connectivity index (χ2v) is 9.84. The molecule has 0 aliphatic carbocycles. The quantitative estimate of drug-likeness (QED) is 0.121. The summed E-state index contributed by atoms with van der Waals surface area (Å²) in [6.07, 6.45) is 0. The van der Waals surface area contributed by atoms with Crippen molar-refractivity contribution in [3.05, 3.63) is 100 Å². The average molecular weight is 591 g/mol. The zero-order valence-corrected chi connectivity index (χ0v) is 22.2. The Morgan fingerprint density at radius 1 is 0.750 bits per heavy atom.